The maximum atomic E-state index is 12.2. The van der Waals surface area contributed by atoms with Crippen molar-refractivity contribution in [3.8, 4) is 0 Å². The zero-order valence-electron chi connectivity index (χ0n) is 10.8. The predicted molar refractivity (Wildman–Crippen MR) is 84.8 cm³/mol. The highest BCUT2D eigenvalue weighted by molar-refractivity contribution is 8.01. The van der Waals surface area contributed by atoms with Crippen LogP contribution < -0.4 is 0 Å². The first-order valence-corrected chi connectivity index (χ1v) is 7.45. The molecular formula is C16H10ClNO2S. The van der Waals surface area contributed by atoms with E-state index in [0.717, 1.165) is 21.8 Å². The van der Waals surface area contributed by atoms with Crippen LogP contribution in [-0.2, 0) is 0 Å². The summed E-state index contributed by atoms with van der Waals surface area (Å²) in [7, 11) is 0. The summed E-state index contributed by atoms with van der Waals surface area (Å²) in [5.74, 6) is -0.622. The number of amides is 2. The van der Waals surface area contributed by atoms with E-state index < -0.39 is 0 Å². The molecule has 0 aliphatic carbocycles. The van der Waals surface area contributed by atoms with Gasteiger partial charge in [0.2, 0.25) is 0 Å². The molecule has 0 aromatic heterocycles. The molecule has 0 radical (unpaired) electrons. The van der Waals surface area contributed by atoms with Crippen LogP contribution in [0.5, 0.6) is 0 Å². The third kappa shape index (κ3) is 2.60. The van der Waals surface area contributed by atoms with Gasteiger partial charge in [-0.2, -0.15) is 0 Å². The molecule has 0 unspecified atom stereocenters. The minimum absolute atomic E-state index is 0.311. The minimum atomic E-state index is -0.311. The van der Waals surface area contributed by atoms with Gasteiger partial charge in [-0.3, -0.25) is 9.59 Å². The molecule has 0 atom stereocenters. The standard InChI is InChI=1S/C16H10ClNO2S/c17-14(11-6-2-1-3-7-11)10-21-18-15(19)12-8-4-5-9-13(12)16(18)20/h1-10H. The Morgan fingerprint density at radius 2 is 1.43 bits per heavy atom. The molecule has 0 bridgehead atoms. The minimum Gasteiger partial charge on any atom is -0.268 e. The zero-order valence-corrected chi connectivity index (χ0v) is 12.4. The molecule has 1 heterocycles. The van der Waals surface area contributed by atoms with Gasteiger partial charge in [0.15, 0.2) is 0 Å². The van der Waals surface area contributed by atoms with Crippen molar-refractivity contribution in [2.75, 3.05) is 0 Å². The van der Waals surface area contributed by atoms with Crippen LogP contribution in [-0.4, -0.2) is 16.1 Å². The average molecular weight is 316 g/mol. The van der Waals surface area contributed by atoms with E-state index in [1.807, 2.05) is 30.3 Å². The van der Waals surface area contributed by atoms with Gasteiger partial charge in [-0.15, -0.1) is 0 Å². The van der Waals surface area contributed by atoms with Gasteiger partial charge in [0, 0.05) is 5.41 Å². The number of halogens is 1. The predicted octanol–water partition coefficient (Wildman–Crippen LogP) is 4.17. The number of nitrogens with zero attached hydrogens (tertiary/aromatic N) is 1. The first kappa shape index (κ1) is 13.9. The second kappa shape index (κ2) is 5.76. The fraction of sp³-hybridized carbons (Fsp3) is 0. The Morgan fingerprint density at radius 3 is 2.00 bits per heavy atom. The van der Waals surface area contributed by atoms with Crippen LogP contribution in [0.3, 0.4) is 0 Å². The largest absolute Gasteiger partial charge is 0.272 e. The monoisotopic (exact) mass is 315 g/mol. The Morgan fingerprint density at radius 1 is 0.905 bits per heavy atom. The van der Waals surface area contributed by atoms with Crippen LogP contribution in [0.1, 0.15) is 26.3 Å². The topological polar surface area (TPSA) is 37.4 Å². The number of rotatable bonds is 3. The number of carbonyl (C=O) groups excluding carboxylic acids is 2. The molecule has 3 rings (SSSR count). The molecule has 104 valence electrons. The Labute approximate surface area is 131 Å². The lowest BCUT2D eigenvalue weighted by Gasteiger charge is -2.09. The van der Waals surface area contributed by atoms with Gasteiger partial charge >= 0.3 is 0 Å². The van der Waals surface area contributed by atoms with Crippen molar-refractivity contribution >= 4 is 40.4 Å². The second-order valence-electron chi connectivity index (χ2n) is 4.39. The SMILES string of the molecule is O=C1c2ccccc2C(=O)N1SC=C(Cl)c1ccccc1. The van der Waals surface area contributed by atoms with Crippen molar-refractivity contribution in [2.45, 2.75) is 0 Å². The fourth-order valence-electron chi connectivity index (χ4n) is 2.03. The maximum absolute atomic E-state index is 12.2. The molecule has 1 aliphatic heterocycles. The lowest BCUT2D eigenvalue weighted by molar-refractivity contribution is 0.0778. The summed E-state index contributed by atoms with van der Waals surface area (Å²) < 4.78 is 1.12. The summed E-state index contributed by atoms with van der Waals surface area (Å²) in [6.07, 6.45) is 0. The van der Waals surface area contributed by atoms with E-state index in [1.54, 1.807) is 29.7 Å². The first-order valence-electron chi connectivity index (χ1n) is 6.24. The number of hydrogen-bond donors (Lipinski definition) is 0. The van der Waals surface area contributed by atoms with Gasteiger partial charge in [-0.05, 0) is 29.6 Å². The molecule has 3 nitrogen and oxygen atoms in total. The van der Waals surface area contributed by atoms with Gasteiger partial charge in [0.25, 0.3) is 11.8 Å². The molecule has 1 aliphatic rings. The molecule has 0 saturated carbocycles. The van der Waals surface area contributed by atoms with E-state index in [-0.39, 0.29) is 11.8 Å². The second-order valence-corrected chi connectivity index (χ2v) is 5.61. The van der Waals surface area contributed by atoms with Gasteiger partial charge in [0.1, 0.15) is 0 Å². The molecule has 2 aromatic carbocycles. The third-order valence-electron chi connectivity index (χ3n) is 3.07. The van der Waals surface area contributed by atoms with E-state index in [2.05, 4.69) is 0 Å². The van der Waals surface area contributed by atoms with Crippen LogP contribution in [0.2, 0.25) is 0 Å². The third-order valence-corrected chi connectivity index (χ3v) is 4.41. The van der Waals surface area contributed by atoms with Crippen LogP contribution in [0.15, 0.2) is 60.0 Å². The zero-order chi connectivity index (χ0) is 14.8. The molecule has 21 heavy (non-hydrogen) atoms. The Kier molecular flexibility index (Phi) is 3.82. The summed E-state index contributed by atoms with van der Waals surface area (Å²) in [5.41, 5.74) is 1.70. The highest BCUT2D eigenvalue weighted by Gasteiger charge is 2.35. The van der Waals surface area contributed by atoms with E-state index in [1.165, 1.54) is 0 Å². The van der Waals surface area contributed by atoms with Crippen molar-refractivity contribution in [1.82, 2.24) is 4.31 Å². The Bertz CT molecular complexity index is 708. The van der Waals surface area contributed by atoms with E-state index in [0.29, 0.717) is 16.2 Å². The molecule has 0 N–H and O–H groups in total. The number of carbonyl (C=O) groups is 2. The summed E-state index contributed by atoms with van der Waals surface area (Å²) in [6, 6.07) is 16.2. The quantitative estimate of drug-likeness (QED) is 0.630. The van der Waals surface area contributed by atoms with E-state index in [4.69, 9.17) is 11.6 Å². The lowest BCUT2D eigenvalue weighted by Crippen LogP contribution is -2.21. The van der Waals surface area contributed by atoms with Crippen LogP contribution in [0, 0.1) is 0 Å². The number of benzene rings is 2. The molecule has 2 aromatic rings. The lowest BCUT2D eigenvalue weighted by atomic mass is 10.1. The highest BCUT2D eigenvalue weighted by Crippen LogP contribution is 2.31. The van der Waals surface area contributed by atoms with Gasteiger partial charge in [-0.1, -0.05) is 54.1 Å². The normalized spacial score (nSPS) is 14.5. The molecule has 2 amide bonds. The summed E-state index contributed by atoms with van der Waals surface area (Å²) >= 11 is 7.18. The van der Waals surface area contributed by atoms with Gasteiger partial charge < -0.3 is 0 Å². The Balaban J connectivity index is 1.81. The van der Waals surface area contributed by atoms with Crippen molar-refractivity contribution in [3.05, 3.63) is 76.7 Å². The number of hydrogen-bond acceptors (Lipinski definition) is 3. The number of imide groups is 1. The summed E-state index contributed by atoms with van der Waals surface area (Å²) in [4.78, 5) is 24.3. The Hall–Kier alpha value is -2.04. The molecule has 0 saturated heterocycles. The first-order chi connectivity index (χ1) is 10.2. The van der Waals surface area contributed by atoms with Crippen molar-refractivity contribution in [3.63, 3.8) is 0 Å². The number of fused-ring (bicyclic) bond motifs is 1. The van der Waals surface area contributed by atoms with Crippen molar-refractivity contribution in [1.29, 1.82) is 0 Å². The van der Waals surface area contributed by atoms with E-state index in [9.17, 15) is 9.59 Å². The fourth-order valence-corrected chi connectivity index (χ4v) is 2.99. The maximum Gasteiger partial charge on any atom is 0.272 e. The average Bonchev–Trinajstić information content (AvgIpc) is 2.78. The molecule has 0 spiro atoms. The smallest absolute Gasteiger partial charge is 0.268 e. The van der Waals surface area contributed by atoms with Gasteiger partial charge in [0.05, 0.1) is 16.2 Å². The molecular weight excluding hydrogens is 306 g/mol. The molecule has 0 fully saturated rings. The van der Waals surface area contributed by atoms with Gasteiger partial charge in [-0.25, -0.2) is 4.31 Å². The summed E-state index contributed by atoms with van der Waals surface area (Å²) in [5, 5.41) is 2.08. The van der Waals surface area contributed by atoms with Crippen LogP contribution >= 0.6 is 23.5 Å². The molecule has 5 heteroatoms. The highest BCUT2D eigenvalue weighted by atomic mass is 35.5. The van der Waals surface area contributed by atoms with Crippen molar-refractivity contribution in [2.24, 2.45) is 0 Å². The van der Waals surface area contributed by atoms with Crippen LogP contribution in [0.25, 0.3) is 5.03 Å². The summed E-state index contributed by atoms with van der Waals surface area (Å²) in [6.45, 7) is 0. The van der Waals surface area contributed by atoms with Crippen LogP contribution in [0.4, 0.5) is 0 Å². The van der Waals surface area contributed by atoms with Crippen molar-refractivity contribution < 1.29 is 9.59 Å². The van der Waals surface area contributed by atoms with E-state index >= 15 is 0 Å².